The molecule has 4 aromatic heterocycles. The average molecular weight is 411 g/mol. The molecule has 4 aromatic rings. The molecular weight excluding hydrogens is 384 g/mol. The zero-order valence-corrected chi connectivity index (χ0v) is 17.9. The van der Waals surface area contributed by atoms with E-state index < -0.39 is 0 Å². The van der Waals surface area contributed by atoms with Crippen molar-refractivity contribution in [2.45, 2.75) is 19.6 Å². The van der Waals surface area contributed by atoms with E-state index in [9.17, 15) is 0 Å². The molecule has 0 radical (unpaired) electrons. The van der Waals surface area contributed by atoms with Gasteiger partial charge in [0.1, 0.15) is 5.82 Å². The van der Waals surface area contributed by atoms with Gasteiger partial charge in [-0.1, -0.05) is 24.3 Å². The van der Waals surface area contributed by atoms with Crippen molar-refractivity contribution in [3.05, 3.63) is 102 Å². The summed E-state index contributed by atoms with van der Waals surface area (Å²) < 4.78 is 0. The summed E-state index contributed by atoms with van der Waals surface area (Å²) in [7, 11) is 3.98. The maximum absolute atomic E-state index is 4.90. The molecule has 0 unspecified atom stereocenters. The van der Waals surface area contributed by atoms with E-state index in [2.05, 4.69) is 20.9 Å². The van der Waals surface area contributed by atoms with E-state index in [4.69, 9.17) is 9.97 Å². The molecule has 6 heteroatoms. The summed E-state index contributed by atoms with van der Waals surface area (Å²) >= 11 is 0. The van der Waals surface area contributed by atoms with E-state index >= 15 is 0 Å². The minimum Gasteiger partial charge on any atom is -0.363 e. The van der Waals surface area contributed by atoms with Gasteiger partial charge in [0.2, 0.25) is 0 Å². The van der Waals surface area contributed by atoms with Gasteiger partial charge in [0.25, 0.3) is 0 Å². The summed E-state index contributed by atoms with van der Waals surface area (Å²) in [4.78, 5) is 22.9. The van der Waals surface area contributed by atoms with E-state index in [-0.39, 0.29) is 0 Å². The summed E-state index contributed by atoms with van der Waals surface area (Å²) in [5.74, 6) is 0.914. The fraction of sp³-hybridized carbons (Fsp3) is 0.200. The van der Waals surface area contributed by atoms with Crippen LogP contribution in [-0.4, -0.2) is 38.9 Å². The van der Waals surface area contributed by atoms with Crippen molar-refractivity contribution in [3.63, 3.8) is 0 Å². The highest BCUT2D eigenvalue weighted by molar-refractivity contribution is 5.57. The number of pyridine rings is 4. The van der Waals surface area contributed by atoms with Crippen LogP contribution in [0.2, 0.25) is 0 Å². The van der Waals surface area contributed by atoms with Gasteiger partial charge < -0.3 is 4.90 Å². The first-order valence-electron chi connectivity index (χ1n) is 10.3. The van der Waals surface area contributed by atoms with Crippen molar-refractivity contribution < 1.29 is 0 Å². The van der Waals surface area contributed by atoms with Crippen LogP contribution in [0.5, 0.6) is 0 Å². The van der Waals surface area contributed by atoms with Gasteiger partial charge in [-0.05, 0) is 48.5 Å². The first-order valence-corrected chi connectivity index (χ1v) is 10.3. The van der Waals surface area contributed by atoms with Crippen LogP contribution in [0.3, 0.4) is 0 Å². The Balaban J connectivity index is 1.57. The first-order chi connectivity index (χ1) is 15.2. The molecule has 0 atom stereocenters. The minimum absolute atomic E-state index is 0.689. The summed E-state index contributed by atoms with van der Waals surface area (Å²) in [6.07, 6.45) is 3.66. The predicted molar refractivity (Wildman–Crippen MR) is 123 cm³/mol. The first kappa shape index (κ1) is 20.6. The van der Waals surface area contributed by atoms with Crippen molar-refractivity contribution >= 4 is 5.82 Å². The molecule has 0 aliphatic carbocycles. The molecule has 0 aliphatic rings. The molecule has 0 N–H and O–H groups in total. The molecule has 0 saturated heterocycles. The summed E-state index contributed by atoms with van der Waals surface area (Å²) in [6.45, 7) is 2.13. The lowest BCUT2D eigenvalue weighted by Crippen LogP contribution is -2.24. The Hall–Kier alpha value is -3.64. The molecule has 0 fully saturated rings. The lowest BCUT2D eigenvalue weighted by atomic mass is 10.2. The molecule has 4 heterocycles. The highest BCUT2D eigenvalue weighted by atomic mass is 15.1. The van der Waals surface area contributed by atoms with E-state index in [1.807, 2.05) is 98.1 Å². The van der Waals surface area contributed by atoms with Crippen LogP contribution < -0.4 is 4.90 Å². The second-order valence-corrected chi connectivity index (χ2v) is 7.58. The number of hydrogen-bond donors (Lipinski definition) is 0. The van der Waals surface area contributed by atoms with Crippen molar-refractivity contribution in [1.29, 1.82) is 0 Å². The van der Waals surface area contributed by atoms with Gasteiger partial charge in [0.15, 0.2) is 0 Å². The third-order valence-electron chi connectivity index (χ3n) is 4.87. The average Bonchev–Trinajstić information content (AvgIpc) is 2.81. The predicted octanol–water partition coefficient (Wildman–Crippen LogP) is 4.20. The third kappa shape index (κ3) is 5.71. The number of aromatic nitrogens is 4. The Morgan fingerprint density at radius 3 is 1.71 bits per heavy atom. The van der Waals surface area contributed by atoms with Crippen LogP contribution in [0.4, 0.5) is 5.82 Å². The van der Waals surface area contributed by atoms with Crippen LogP contribution in [0.15, 0.2) is 85.2 Å². The Bertz CT molecular complexity index is 1060. The second-order valence-electron chi connectivity index (χ2n) is 7.58. The SMILES string of the molecule is CN(C)c1cccc(-c2cccc(CN(Cc3ccccn3)Cc3ccccn3)n2)n1. The van der Waals surface area contributed by atoms with E-state index in [0.717, 1.165) is 47.4 Å². The van der Waals surface area contributed by atoms with Crippen LogP contribution in [0.25, 0.3) is 11.4 Å². The monoisotopic (exact) mass is 410 g/mol. The fourth-order valence-corrected chi connectivity index (χ4v) is 3.36. The van der Waals surface area contributed by atoms with Gasteiger partial charge in [0.05, 0.1) is 28.5 Å². The Labute approximate surface area is 183 Å². The van der Waals surface area contributed by atoms with Crippen molar-refractivity contribution in [1.82, 2.24) is 24.8 Å². The van der Waals surface area contributed by atoms with Crippen LogP contribution in [0, 0.1) is 0 Å². The Morgan fingerprint density at radius 1 is 0.581 bits per heavy atom. The Kier molecular flexibility index (Phi) is 6.59. The molecular formula is C25H26N6. The minimum atomic E-state index is 0.689. The van der Waals surface area contributed by atoms with Crippen LogP contribution in [-0.2, 0) is 19.6 Å². The standard InChI is InChI=1S/C25H26N6/c1-30(2)25-14-8-13-24(29-25)23-12-7-11-22(28-23)19-31(17-20-9-3-5-15-26-20)18-21-10-4-6-16-27-21/h3-16H,17-19H2,1-2H3. The van der Waals surface area contributed by atoms with Crippen LogP contribution in [0.1, 0.15) is 17.1 Å². The molecule has 156 valence electrons. The maximum Gasteiger partial charge on any atom is 0.128 e. The molecule has 4 rings (SSSR count). The smallest absolute Gasteiger partial charge is 0.128 e. The maximum atomic E-state index is 4.90. The highest BCUT2D eigenvalue weighted by Gasteiger charge is 2.12. The van der Waals surface area contributed by atoms with E-state index in [1.165, 1.54) is 0 Å². The molecule has 0 saturated carbocycles. The third-order valence-corrected chi connectivity index (χ3v) is 4.87. The largest absolute Gasteiger partial charge is 0.363 e. The number of rotatable bonds is 8. The molecule has 6 nitrogen and oxygen atoms in total. The van der Waals surface area contributed by atoms with Crippen molar-refractivity contribution in [2.24, 2.45) is 0 Å². The molecule has 0 amide bonds. The lowest BCUT2D eigenvalue weighted by Gasteiger charge is -2.21. The van der Waals surface area contributed by atoms with Crippen LogP contribution >= 0.6 is 0 Å². The number of nitrogens with zero attached hydrogens (tertiary/aromatic N) is 6. The fourth-order valence-electron chi connectivity index (χ4n) is 3.36. The number of anilines is 1. The van der Waals surface area contributed by atoms with Crippen molar-refractivity contribution in [3.8, 4) is 11.4 Å². The summed E-state index contributed by atoms with van der Waals surface area (Å²) in [5, 5.41) is 0. The summed E-state index contributed by atoms with van der Waals surface area (Å²) in [6, 6.07) is 24.1. The zero-order chi connectivity index (χ0) is 21.5. The summed E-state index contributed by atoms with van der Waals surface area (Å²) in [5.41, 5.74) is 4.78. The number of hydrogen-bond acceptors (Lipinski definition) is 6. The molecule has 0 bridgehead atoms. The van der Waals surface area contributed by atoms with Gasteiger partial charge in [-0.2, -0.15) is 0 Å². The van der Waals surface area contributed by atoms with E-state index in [1.54, 1.807) is 0 Å². The van der Waals surface area contributed by atoms with E-state index in [0.29, 0.717) is 6.54 Å². The molecule has 0 spiro atoms. The van der Waals surface area contributed by atoms with Crippen molar-refractivity contribution in [2.75, 3.05) is 19.0 Å². The zero-order valence-electron chi connectivity index (χ0n) is 17.9. The topological polar surface area (TPSA) is 58.0 Å². The molecule has 0 aromatic carbocycles. The quantitative estimate of drug-likeness (QED) is 0.434. The van der Waals surface area contributed by atoms with Gasteiger partial charge >= 0.3 is 0 Å². The lowest BCUT2D eigenvalue weighted by molar-refractivity contribution is 0.239. The molecule has 31 heavy (non-hydrogen) atoms. The Morgan fingerprint density at radius 2 is 1.13 bits per heavy atom. The second kappa shape index (κ2) is 9.91. The highest BCUT2D eigenvalue weighted by Crippen LogP contribution is 2.19. The van der Waals surface area contributed by atoms with Gasteiger partial charge in [0, 0.05) is 46.1 Å². The van der Waals surface area contributed by atoms with Gasteiger partial charge in [-0.15, -0.1) is 0 Å². The van der Waals surface area contributed by atoms with Gasteiger partial charge in [-0.25, -0.2) is 9.97 Å². The van der Waals surface area contributed by atoms with Gasteiger partial charge in [-0.3, -0.25) is 14.9 Å². The normalized spacial score (nSPS) is 10.9. The molecule has 0 aliphatic heterocycles.